The summed E-state index contributed by atoms with van der Waals surface area (Å²) in [5.41, 5.74) is 1.89. The molecule has 0 unspecified atom stereocenters. The Balaban J connectivity index is 1.66. The molecule has 9 heteroatoms. The van der Waals surface area contributed by atoms with Gasteiger partial charge in [-0.3, -0.25) is 0 Å². The van der Waals surface area contributed by atoms with Gasteiger partial charge in [0.25, 0.3) is 0 Å². The molecule has 0 radical (unpaired) electrons. The Bertz CT molecular complexity index is 1520. The van der Waals surface area contributed by atoms with E-state index in [0.29, 0.717) is 28.3 Å². The molecule has 4 aromatic rings. The molecule has 0 saturated carbocycles. The highest BCUT2D eigenvalue weighted by atomic mass is 19.4. The molecule has 0 saturated heterocycles. The van der Waals surface area contributed by atoms with Crippen molar-refractivity contribution in [3.8, 4) is 22.6 Å². The van der Waals surface area contributed by atoms with Crippen LogP contribution in [0.15, 0.2) is 91.0 Å². The van der Waals surface area contributed by atoms with Crippen molar-refractivity contribution in [1.29, 1.82) is 0 Å². The lowest BCUT2D eigenvalue weighted by molar-refractivity contribution is -0.137. The Morgan fingerprint density at radius 2 is 1.38 bits per heavy atom. The molecule has 6 nitrogen and oxygen atoms in total. The summed E-state index contributed by atoms with van der Waals surface area (Å²) in [6.07, 6.45) is -4.49. The maximum atomic E-state index is 12.9. The predicted molar refractivity (Wildman–Crippen MR) is 148 cm³/mol. The average Bonchev–Trinajstić information content (AvgIpc) is 2.89. The van der Waals surface area contributed by atoms with Crippen LogP contribution in [0.4, 0.5) is 29.3 Å². The summed E-state index contributed by atoms with van der Waals surface area (Å²) in [7, 11) is 0. The van der Waals surface area contributed by atoms with Gasteiger partial charge < -0.3 is 20.5 Å². The molecule has 0 bridgehead atoms. The number of alkyl halides is 3. The Kier molecular flexibility index (Phi) is 7.86. The van der Waals surface area contributed by atoms with Crippen LogP contribution in [0.5, 0.6) is 11.5 Å². The van der Waals surface area contributed by atoms with Crippen LogP contribution in [-0.2, 0) is 11.6 Å². The van der Waals surface area contributed by atoms with Gasteiger partial charge in [0.1, 0.15) is 5.75 Å². The highest BCUT2D eigenvalue weighted by molar-refractivity contribution is 6.01. The van der Waals surface area contributed by atoms with Crippen molar-refractivity contribution in [2.24, 2.45) is 0 Å². The molecule has 40 heavy (non-hydrogen) atoms. The third-order valence-electron chi connectivity index (χ3n) is 6.08. The minimum Gasteiger partial charge on any atom is -0.478 e. The van der Waals surface area contributed by atoms with E-state index in [1.807, 2.05) is 24.3 Å². The van der Waals surface area contributed by atoms with Crippen LogP contribution in [0.3, 0.4) is 0 Å². The Hall–Kier alpha value is -4.79. The monoisotopic (exact) mass is 548 g/mol. The van der Waals surface area contributed by atoms with E-state index in [0.717, 1.165) is 17.7 Å². The maximum absolute atomic E-state index is 12.9. The van der Waals surface area contributed by atoms with Crippen LogP contribution in [0.25, 0.3) is 11.1 Å². The SMILES string of the molecule is CC(C)(C)c1ccccc1Oc1ccc(-c2ccc(C(=O)O)cc2)cc1NC(=O)Nc1ccc(C(F)(F)F)cc1. The predicted octanol–water partition coefficient (Wildman–Crippen LogP) is 8.80. The molecular weight excluding hydrogens is 521 g/mol. The zero-order valence-electron chi connectivity index (χ0n) is 22.0. The van der Waals surface area contributed by atoms with Gasteiger partial charge in [-0.2, -0.15) is 13.2 Å². The molecule has 0 aliphatic rings. The molecule has 0 aliphatic heterocycles. The van der Waals surface area contributed by atoms with E-state index in [1.165, 1.54) is 24.3 Å². The van der Waals surface area contributed by atoms with E-state index < -0.39 is 23.7 Å². The smallest absolute Gasteiger partial charge is 0.416 e. The van der Waals surface area contributed by atoms with Crippen molar-refractivity contribution >= 4 is 23.4 Å². The number of aromatic carboxylic acids is 1. The molecule has 2 amide bonds. The minimum atomic E-state index is -4.49. The zero-order valence-corrected chi connectivity index (χ0v) is 22.0. The van der Waals surface area contributed by atoms with E-state index in [-0.39, 0.29) is 16.7 Å². The number of para-hydroxylation sites is 1. The van der Waals surface area contributed by atoms with Gasteiger partial charge in [0.2, 0.25) is 0 Å². The number of ether oxygens (including phenoxy) is 1. The topological polar surface area (TPSA) is 87.7 Å². The van der Waals surface area contributed by atoms with Gasteiger partial charge in [-0.05, 0) is 71.1 Å². The fourth-order valence-electron chi connectivity index (χ4n) is 4.02. The summed E-state index contributed by atoms with van der Waals surface area (Å²) >= 11 is 0. The van der Waals surface area contributed by atoms with E-state index in [9.17, 15) is 27.9 Å². The van der Waals surface area contributed by atoms with Crippen molar-refractivity contribution in [3.05, 3.63) is 108 Å². The van der Waals surface area contributed by atoms with E-state index in [1.54, 1.807) is 30.3 Å². The van der Waals surface area contributed by atoms with Gasteiger partial charge in [-0.25, -0.2) is 9.59 Å². The van der Waals surface area contributed by atoms with Gasteiger partial charge in [-0.1, -0.05) is 57.2 Å². The normalized spacial score (nSPS) is 11.6. The number of benzene rings is 4. The summed E-state index contributed by atoms with van der Waals surface area (Å²) < 4.78 is 44.9. The Labute approximate surface area is 229 Å². The lowest BCUT2D eigenvalue weighted by Crippen LogP contribution is -2.20. The molecule has 0 aromatic heterocycles. The highest BCUT2D eigenvalue weighted by Crippen LogP contribution is 2.38. The van der Waals surface area contributed by atoms with E-state index in [2.05, 4.69) is 31.4 Å². The third-order valence-corrected chi connectivity index (χ3v) is 6.08. The first-order valence-corrected chi connectivity index (χ1v) is 12.3. The third kappa shape index (κ3) is 6.79. The fraction of sp³-hybridized carbons (Fsp3) is 0.161. The average molecular weight is 549 g/mol. The standard InChI is InChI=1S/C31H27F3N2O4/c1-30(2,3)24-6-4-5-7-26(24)40-27-17-12-21(19-8-10-20(11-9-19)28(37)38)18-25(27)36-29(39)35-23-15-13-22(14-16-23)31(32,33)34/h4-18H,1-3H3,(H,37,38)(H2,35,36,39). The molecular formula is C31H27F3N2O4. The number of nitrogens with one attached hydrogen (secondary N) is 2. The molecule has 0 spiro atoms. The number of carbonyl (C=O) groups excluding carboxylic acids is 1. The second kappa shape index (κ2) is 11.1. The first kappa shape index (κ1) is 28.2. The van der Waals surface area contributed by atoms with Gasteiger partial charge in [-0.15, -0.1) is 0 Å². The molecule has 4 rings (SSSR count). The van der Waals surface area contributed by atoms with Crippen molar-refractivity contribution < 1.29 is 32.6 Å². The summed E-state index contributed by atoms with van der Waals surface area (Å²) in [4.78, 5) is 24.1. The molecule has 0 heterocycles. The Morgan fingerprint density at radius 1 is 0.750 bits per heavy atom. The zero-order chi connectivity index (χ0) is 29.1. The number of carboxylic acid groups (broad SMARTS) is 1. The first-order chi connectivity index (χ1) is 18.8. The second-order valence-electron chi connectivity index (χ2n) is 10.1. The molecule has 3 N–H and O–H groups in total. The van der Waals surface area contributed by atoms with Crippen molar-refractivity contribution in [2.45, 2.75) is 32.4 Å². The lowest BCUT2D eigenvalue weighted by Gasteiger charge is -2.23. The number of halogens is 3. The lowest BCUT2D eigenvalue weighted by atomic mass is 9.86. The number of rotatable bonds is 6. The van der Waals surface area contributed by atoms with Gasteiger partial charge in [0.05, 0.1) is 16.8 Å². The molecule has 4 aromatic carbocycles. The van der Waals surface area contributed by atoms with Crippen LogP contribution in [0.2, 0.25) is 0 Å². The van der Waals surface area contributed by atoms with Crippen LogP contribution in [-0.4, -0.2) is 17.1 Å². The molecule has 0 aliphatic carbocycles. The summed E-state index contributed by atoms with van der Waals surface area (Å²) in [6.45, 7) is 6.15. The number of hydrogen-bond donors (Lipinski definition) is 3. The minimum absolute atomic E-state index is 0.136. The molecule has 206 valence electrons. The summed E-state index contributed by atoms with van der Waals surface area (Å²) in [6, 6.07) is 22.4. The van der Waals surface area contributed by atoms with Crippen molar-refractivity contribution in [2.75, 3.05) is 10.6 Å². The highest BCUT2D eigenvalue weighted by Gasteiger charge is 2.30. The van der Waals surface area contributed by atoms with E-state index in [4.69, 9.17) is 4.74 Å². The van der Waals surface area contributed by atoms with E-state index >= 15 is 0 Å². The number of amides is 2. The summed E-state index contributed by atoms with van der Waals surface area (Å²) in [5, 5.41) is 14.5. The number of carboxylic acids is 1. The van der Waals surface area contributed by atoms with Crippen LogP contribution < -0.4 is 15.4 Å². The van der Waals surface area contributed by atoms with Crippen molar-refractivity contribution in [1.82, 2.24) is 0 Å². The van der Waals surface area contributed by atoms with Gasteiger partial charge in [0.15, 0.2) is 5.75 Å². The van der Waals surface area contributed by atoms with Crippen LogP contribution in [0.1, 0.15) is 42.3 Å². The quantitative estimate of drug-likeness (QED) is 0.225. The van der Waals surface area contributed by atoms with Gasteiger partial charge in [0, 0.05) is 11.3 Å². The Morgan fingerprint density at radius 3 is 1.98 bits per heavy atom. The number of urea groups is 1. The molecule has 0 fully saturated rings. The van der Waals surface area contributed by atoms with Crippen LogP contribution in [0, 0.1) is 0 Å². The fourth-order valence-corrected chi connectivity index (χ4v) is 4.02. The number of carbonyl (C=O) groups is 2. The number of anilines is 2. The number of hydrogen-bond acceptors (Lipinski definition) is 3. The molecule has 0 atom stereocenters. The van der Waals surface area contributed by atoms with Crippen molar-refractivity contribution in [3.63, 3.8) is 0 Å². The first-order valence-electron chi connectivity index (χ1n) is 12.3. The maximum Gasteiger partial charge on any atom is 0.416 e. The summed E-state index contributed by atoms with van der Waals surface area (Å²) in [5.74, 6) is -0.111. The van der Waals surface area contributed by atoms with Crippen LogP contribution >= 0.6 is 0 Å². The largest absolute Gasteiger partial charge is 0.478 e. The second-order valence-corrected chi connectivity index (χ2v) is 10.1. The van der Waals surface area contributed by atoms with Gasteiger partial charge >= 0.3 is 18.2 Å².